The van der Waals surface area contributed by atoms with E-state index in [0.717, 1.165) is 22.7 Å². The molecule has 0 aromatic carbocycles. The van der Waals surface area contributed by atoms with Crippen LogP contribution in [-0.4, -0.2) is 14.5 Å². The molecule has 78 valence electrons. The van der Waals surface area contributed by atoms with Crippen LogP contribution < -0.4 is 0 Å². The van der Waals surface area contributed by atoms with Crippen LogP contribution in [0.5, 0.6) is 0 Å². The second kappa shape index (κ2) is 3.98. The summed E-state index contributed by atoms with van der Waals surface area (Å²) < 4.78 is 2.75. The summed E-state index contributed by atoms with van der Waals surface area (Å²) in [5.74, 6) is 0. The van der Waals surface area contributed by atoms with Crippen molar-refractivity contribution in [2.45, 2.75) is 20.4 Å². The topological polar surface area (TPSA) is 33.6 Å². The minimum atomic E-state index is 0.732. The molecule has 15 heavy (non-hydrogen) atoms. The van der Waals surface area contributed by atoms with E-state index in [2.05, 4.69) is 23.0 Å². The summed E-state index contributed by atoms with van der Waals surface area (Å²) in [6.07, 6.45) is 3.82. The summed E-state index contributed by atoms with van der Waals surface area (Å²) in [5, 5.41) is 0. The van der Waals surface area contributed by atoms with Crippen molar-refractivity contribution in [3.63, 3.8) is 0 Å². The largest absolute Gasteiger partial charge is 0.335 e. The van der Waals surface area contributed by atoms with Crippen molar-refractivity contribution in [2.24, 2.45) is 0 Å². The third-order valence-electron chi connectivity index (χ3n) is 2.35. The fourth-order valence-electron chi connectivity index (χ4n) is 1.53. The number of hydrogen-bond acceptors (Lipinski definition) is 2. The number of aryl methyl sites for hydroxylation is 2. The molecule has 2 aromatic rings. The van der Waals surface area contributed by atoms with Crippen molar-refractivity contribution in [3.8, 4) is 0 Å². The molecule has 0 fully saturated rings. The second-order valence-electron chi connectivity index (χ2n) is 3.64. The molecule has 0 bridgehead atoms. The molecule has 1 N–H and O–H groups in total. The number of aromatic nitrogens is 3. The van der Waals surface area contributed by atoms with Crippen LogP contribution in [0.25, 0.3) is 0 Å². The molecule has 0 amide bonds. The predicted octanol–water partition coefficient (Wildman–Crippen LogP) is 2.61. The van der Waals surface area contributed by atoms with Gasteiger partial charge in [-0.1, -0.05) is 6.07 Å². The summed E-state index contributed by atoms with van der Waals surface area (Å²) in [6, 6.07) is 4.01. The first-order valence-corrected chi connectivity index (χ1v) is 5.24. The van der Waals surface area contributed by atoms with Gasteiger partial charge in [-0.3, -0.25) is 4.98 Å². The summed E-state index contributed by atoms with van der Waals surface area (Å²) >= 11 is 5.19. The summed E-state index contributed by atoms with van der Waals surface area (Å²) in [5.41, 5.74) is 3.33. The smallest absolute Gasteiger partial charge is 0.177 e. The zero-order valence-electron chi connectivity index (χ0n) is 8.82. The lowest BCUT2D eigenvalue weighted by Crippen LogP contribution is -2.02. The molecule has 0 saturated heterocycles. The molecule has 0 aliphatic carbocycles. The van der Waals surface area contributed by atoms with Gasteiger partial charge >= 0.3 is 0 Å². The van der Waals surface area contributed by atoms with Gasteiger partial charge in [0.2, 0.25) is 0 Å². The zero-order chi connectivity index (χ0) is 10.8. The van der Waals surface area contributed by atoms with Gasteiger partial charge in [0.05, 0.1) is 12.2 Å². The molecule has 0 aliphatic heterocycles. The van der Waals surface area contributed by atoms with E-state index in [1.165, 1.54) is 5.56 Å². The van der Waals surface area contributed by atoms with E-state index in [0.29, 0.717) is 0 Å². The molecule has 0 saturated carbocycles. The molecule has 2 rings (SSSR count). The molecule has 0 unspecified atom stereocenters. The Hall–Kier alpha value is -1.42. The fourth-order valence-corrected chi connectivity index (χ4v) is 1.81. The van der Waals surface area contributed by atoms with Crippen molar-refractivity contribution in [2.75, 3.05) is 0 Å². The van der Waals surface area contributed by atoms with Crippen molar-refractivity contribution in [1.82, 2.24) is 14.5 Å². The van der Waals surface area contributed by atoms with E-state index in [4.69, 9.17) is 12.2 Å². The minimum absolute atomic E-state index is 0.732. The normalized spacial score (nSPS) is 10.5. The number of nitrogens with zero attached hydrogens (tertiary/aromatic N) is 2. The average Bonchev–Trinajstić information content (AvgIpc) is 2.49. The first-order chi connectivity index (χ1) is 7.16. The van der Waals surface area contributed by atoms with Gasteiger partial charge in [0, 0.05) is 18.1 Å². The fraction of sp³-hybridized carbons (Fsp3) is 0.273. The standard InChI is InChI=1S/C11H13N3S/c1-8-4-3-5-12-10(8)7-14-6-9(2)13-11(14)15/h3-6H,7H2,1-2H3,(H,13,15). The predicted molar refractivity (Wildman–Crippen MR) is 62.4 cm³/mol. The number of imidazole rings is 1. The average molecular weight is 219 g/mol. The lowest BCUT2D eigenvalue weighted by Gasteiger charge is -2.04. The van der Waals surface area contributed by atoms with Crippen molar-refractivity contribution in [1.29, 1.82) is 0 Å². The van der Waals surface area contributed by atoms with Crippen molar-refractivity contribution < 1.29 is 0 Å². The Balaban J connectivity index is 2.34. The third-order valence-corrected chi connectivity index (χ3v) is 2.69. The van der Waals surface area contributed by atoms with Crippen LogP contribution in [0.2, 0.25) is 0 Å². The van der Waals surface area contributed by atoms with Gasteiger partial charge in [0.1, 0.15) is 0 Å². The lowest BCUT2D eigenvalue weighted by atomic mass is 10.2. The molecular weight excluding hydrogens is 206 g/mol. The van der Waals surface area contributed by atoms with Gasteiger partial charge in [-0.2, -0.15) is 0 Å². The zero-order valence-corrected chi connectivity index (χ0v) is 9.64. The highest BCUT2D eigenvalue weighted by atomic mass is 32.1. The molecule has 0 aliphatic rings. The molecule has 2 aromatic heterocycles. The van der Waals surface area contributed by atoms with Crippen LogP contribution in [0.3, 0.4) is 0 Å². The van der Waals surface area contributed by atoms with Gasteiger partial charge in [0.15, 0.2) is 4.77 Å². The first-order valence-electron chi connectivity index (χ1n) is 4.83. The Morgan fingerprint density at radius 2 is 2.27 bits per heavy atom. The number of H-pyrrole nitrogens is 1. The monoisotopic (exact) mass is 219 g/mol. The maximum atomic E-state index is 5.19. The number of aromatic amines is 1. The first kappa shape index (κ1) is 10.1. The maximum absolute atomic E-state index is 5.19. The SMILES string of the molecule is Cc1cn(Cc2ncccc2C)c(=S)[nH]1. The number of pyridine rings is 1. The summed E-state index contributed by atoms with van der Waals surface area (Å²) in [7, 11) is 0. The van der Waals surface area contributed by atoms with E-state index in [9.17, 15) is 0 Å². The Kier molecular flexibility index (Phi) is 2.68. The van der Waals surface area contributed by atoms with Crippen molar-refractivity contribution >= 4 is 12.2 Å². The van der Waals surface area contributed by atoms with Crippen molar-refractivity contribution in [3.05, 3.63) is 46.2 Å². The lowest BCUT2D eigenvalue weighted by molar-refractivity contribution is 0.755. The Morgan fingerprint density at radius 3 is 2.87 bits per heavy atom. The summed E-state index contributed by atoms with van der Waals surface area (Å²) in [4.78, 5) is 7.44. The van der Waals surface area contributed by atoms with E-state index >= 15 is 0 Å². The van der Waals surface area contributed by atoms with E-state index in [1.807, 2.05) is 30.0 Å². The van der Waals surface area contributed by atoms with Gasteiger partial charge in [-0.15, -0.1) is 0 Å². The Morgan fingerprint density at radius 1 is 1.47 bits per heavy atom. The van der Waals surface area contributed by atoms with Crippen LogP contribution >= 0.6 is 12.2 Å². The van der Waals surface area contributed by atoms with Crippen LogP contribution in [0, 0.1) is 18.6 Å². The molecule has 0 atom stereocenters. The quantitative estimate of drug-likeness (QED) is 0.788. The highest BCUT2D eigenvalue weighted by Gasteiger charge is 2.01. The molecule has 2 heterocycles. The maximum Gasteiger partial charge on any atom is 0.177 e. The molecular formula is C11H13N3S. The van der Waals surface area contributed by atoms with Crippen LogP contribution in [0.1, 0.15) is 17.0 Å². The third kappa shape index (κ3) is 2.15. The van der Waals surface area contributed by atoms with E-state index in [-0.39, 0.29) is 0 Å². The number of hydrogen-bond donors (Lipinski definition) is 1. The second-order valence-corrected chi connectivity index (χ2v) is 4.02. The van der Waals surface area contributed by atoms with Crippen LogP contribution in [0.4, 0.5) is 0 Å². The highest BCUT2D eigenvalue weighted by Crippen LogP contribution is 2.07. The number of nitrogens with one attached hydrogen (secondary N) is 1. The summed E-state index contributed by atoms with van der Waals surface area (Å²) in [6.45, 7) is 4.79. The molecule has 4 heteroatoms. The molecule has 0 radical (unpaired) electrons. The van der Waals surface area contributed by atoms with Gasteiger partial charge in [-0.25, -0.2) is 0 Å². The van der Waals surface area contributed by atoms with Gasteiger partial charge in [0.25, 0.3) is 0 Å². The van der Waals surface area contributed by atoms with Gasteiger partial charge < -0.3 is 9.55 Å². The molecule has 0 spiro atoms. The molecule has 3 nitrogen and oxygen atoms in total. The van der Waals surface area contributed by atoms with E-state index < -0.39 is 0 Å². The van der Waals surface area contributed by atoms with Crippen LogP contribution in [0.15, 0.2) is 24.5 Å². The number of rotatable bonds is 2. The minimum Gasteiger partial charge on any atom is -0.335 e. The van der Waals surface area contributed by atoms with E-state index in [1.54, 1.807) is 0 Å². The van der Waals surface area contributed by atoms with Gasteiger partial charge in [-0.05, 0) is 37.7 Å². The Labute approximate surface area is 93.8 Å². The highest BCUT2D eigenvalue weighted by molar-refractivity contribution is 7.71. The Bertz CT molecular complexity index is 525. The van der Waals surface area contributed by atoms with Crippen LogP contribution in [-0.2, 0) is 6.54 Å².